The van der Waals surface area contributed by atoms with Crippen LogP contribution >= 0.6 is 0 Å². The summed E-state index contributed by atoms with van der Waals surface area (Å²) in [6.45, 7) is 17.4. The highest BCUT2D eigenvalue weighted by Crippen LogP contribution is 2.24. The van der Waals surface area contributed by atoms with Gasteiger partial charge in [0, 0.05) is 12.1 Å². The van der Waals surface area contributed by atoms with E-state index in [0.717, 1.165) is 5.92 Å². The van der Waals surface area contributed by atoms with E-state index in [2.05, 4.69) is 60.4 Å². The molecule has 0 saturated carbocycles. The minimum atomic E-state index is 0.302. The molecule has 1 unspecified atom stereocenters. The standard InChI is InChI=1S/C14H31N/c1-12(9-10-13(2,3)4)11-15(8)14(5,6)7/h12H,9-11H2,1-8H3. The molecule has 0 heterocycles. The lowest BCUT2D eigenvalue weighted by Crippen LogP contribution is -2.40. The Hall–Kier alpha value is -0.0400. The van der Waals surface area contributed by atoms with Crippen molar-refractivity contribution in [2.45, 2.75) is 66.8 Å². The van der Waals surface area contributed by atoms with Crippen molar-refractivity contribution in [2.75, 3.05) is 13.6 Å². The monoisotopic (exact) mass is 213 g/mol. The Balaban J connectivity index is 3.89. The molecule has 0 radical (unpaired) electrons. The van der Waals surface area contributed by atoms with Gasteiger partial charge >= 0.3 is 0 Å². The van der Waals surface area contributed by atoms with Crippen LogP contribution in [0.25, 0.3) is 0 Å². The Morgan fingerprint density at radius 3 is 1.80 bits per heavy atom. The third kappa shape index (κ3) is 7.84. The molecule has 0 rings (SSSR count). The van der Waals surface area contributed by atoms with Gasteiger partial charge in [0.15, 0.2) is 0 Å². The van der Waals surface area contributed by atoms with Gasteiger partial charge in [0.2, 0.25) is 0 Å². The first-order valence-corrected chi connectivity index (χ1v) is 6.23. The fraction of sp³-hybridized carbons (Fsp3) is 1.00. The molecule has 1 heteroatoms. The van der Waals surface area contributed by atoms with E-state index in [1.165, 1.54) is 19.4 Å². The largest absolute Gasteiger partial charge is 0.301 e. The zero-order chi connectivity index (χ0) is 12.3. The molecule has 0 aromatic rings. The molecular formula is C14H31N. The van der Waals surface area contributed by atoms with E-state index >= 15 is 0 Å². The molecule has 0 amide bonds. The summed E-state index contributed by atoms with van der Waals surface area (Å²) in [5.41, 5.74) is 0.782. The van der Waals surface area contributed by atoms with E-state index in [9.17, 15) is 0 Å². The smallest absolute Gasteiger partial charge is 0.0122 e. The first-order chi connectivity index (χ1) is 6.52. The Labute approximate surface area is 97.2 Å². The molecule has 0 spiro atoms. The molecule has 0 aliphatic carbocycles. The molecule has 0 N–H and O–H groups in total. The number of hydrogen-bond acceptors (Lipinski definition) is 1. The second kappa shape index (κ2) is 5.34. The lowest BCUT2D eigenvalue weighted by atomic mass is 9.87. The van der Waals surface area contributed by atoms with Crippen LogP contribution in [-0.4, -0.2) is 24.0 Å². The van der Waals surface area contributed by atoms with Crippen molar-refractivity contribution in [3.8, 4) is 0 Å². The predicted octanol–water partition coefficient (Wildman–Crippen LogP) is 4.18. The highest BCUT2D eigenvalue weighted by atomic mass is 15.2. The highest BCUT2D eigenvalue weighted by Gasteiger charge is 2.20. The maximum atomic E-state index is 2.46. The SMILES string of the molecule is CC(CCC(C)(C)C)CN(C)C(C)(C)C. The van der Waals surface area contributed by atoms with Crippen molar-refractivity contribution < 1.29 is 0 Å². The summed E-state index contributed by atoms with van der Waals surface area (Å²) in [5.74, 6) is 0.799. The summed E-state index contributed by atoms with van der Waals surface area (Å²) < 4.78 is 0. The van der Waals surface area contributed by atoms with Crippen LogP contribution in [0.15, 0.2) is 0 Å². The second-order valence-corrected chi connectivity index (χ2v) is 7.26. The predicted molar refractivity (Wildman–Crippen MR) is 70.2 cm³/mol. The molecule has 0 aliphatic rings. The van der Waals surface area contributed by atoms with Gasteiger partial charge in [-0.05, 0) is 52.0 Å². The van der Waals surface area contributed by atoms with Crippen LogP contribution in [0.5, 0.6) is 0 Å². The number of hydrogen-bond donors (Lipinski definition) is 0. The van der Waals surface area contributed by atoms with E-state index in [-0.39, 0.29) is 0 Å². The Morgan fingerprint density at radius 1 is 1.00 bits per heavy atom. The molecule has 92 valence electrons. The van der Waals surface area contributed by atoms with Crippen LogP contribution < -0.4 is 0 Å². The molecule has 0 aromatic heterocycles. The number of nitrogens with zero attached hydrogens (tertiary/aromatic N) is 1. The summed E-state index contributed by atoms with van der Waals surface area (Å²) in [6.07, 6.45) is 2.66. The van der Waals surface area contributed by atoms with Gasteiger partial charge in [0.1, 0.15) is 0 Å². The third-order valence-electron chi connectivity index (χ3n) is 3.12. The normalized spacial score (nSPS) is 15.8. The average Bonchev–Trinajstić information content (AvgIpc) is 1.97. The molecule has 0 aromatic carbocycles. The fourth-order valence-corrected chi connectivity index (χ4v) is 1.51. The van der Waals surface area contributed by atoms with Gasteiger partial charge in [0.05, 0.1) is 0 Å². The van der Waals surface area contributed by atoms with Crippen molar-refractivity contribution in [2.24, 2.45) is 11.3 Å². The highest BCUT2D eigenvalue weighted by molar-refractivity contribution is 4.75. The maximum Gasteiger partial charge on any atom is 0.0122 e. The number of rotatable bonds is 4. The van der Waals surface area contributed by atoms with Gasteiger partial charge in [-0.3, -0.25) is 0 Å². The van der Waals surface area contributed by atoms with Crippen LogP contribution in [-0.2, 0) is 0 Å². The molecule has 0 fully saturated rings. The third-order valence-corrected chi connectivity index (χ3v) is 3.12. The van der Waals surface area contributed by atoms with Gasteiger partial charge in [-0.1, -0.05) is 27.7 Å². The lowest BCUT2D eigenvalue weighted by molar-refractivity contribution is 0.145. The minimum Gasteiger partial charge on any atom is -0.301 e. The van der Waals surface area contributed by atoms with Crippen molar-refractivity contribution in [3.05, 3.63) is 0 Å². The molecule has 1 nitrogen and oxygen atoms in total. The molecule has 0 bridgehead atoms. The topological polar surface area (TPSA) is 3.24 Å². The van der Waals surface area contributed by atoms with Crippen LogP contribution in [0.4, 0.5) is 0 Å². The molecule has 15 heavy (non-hydrogen) atoms. The van der Waals surface area contributed by atoms with Crippen LogP contribution in [0.3, 0.4) is 0 Å². The Morgan fingerprint density at radius 2 is 1.47 bits per heavy atom. The summed E-state index contributed by atoms with van der Waals surface area (Å²) in [6, 6.07) is 0. The summed E-state index contributed by atoms with van der Waals surface area (Å²) in [5, 5.41) is 0. The quantitative estimate of drug-likeness (QED) is 0.677. The Bertz CT molecular complexity index is 171. The van der Waals surface area contributed by atoms with E-state index in [1.807, 2.05) is 0 Å². The van der Waals surface area contributed by atoms with Gasteiger partial charge < -0.3 is 4.90 Å². The zero-order valence-corrected chi connectivity index (χ0v) is 12.1. The van der Waals surface area contributed by atoms with Crippen LogP contribution in [0.2, 0.25) is 0 Å². The summed E-state index contributed by atoms with van der Waals surface area (Å²) in [7, 11) is 2.23. The van der Waals surface area contributed by atoms with Crippen molar-refractivity contribution >= 4 is 0 Å². The first-order valence-electron chi connectivity index (χ1n) is 6.23. The first kappa shape index (κ1) is 15.0. The van der Waals surface area contributed by atoms with E-state index < -0.39 is 0 Å². The van der Waals surface area contributed by atoms with Gasteiger partial charge in [-0.15, -0.1) is 0 Å². The van der Waals surface area contributed by atoms with Crippen LogP contribution in [0, 0.1) is 11.3 Å². The van der Waals surface area contributed by atoms with Gasteiger partial charge in [-0.25, -0.2) is 0 Å². The van der Waals surface area contributed by atoms with Crippen molar-refractivity contribution in [3.63, 3.8) is 0 Å². The fourth-order valence-electron chi connectivity index (χ4n) is 1.51. The zero-order valence-electron chi connectivity index (χ0n) is 12.1. The maximum absolute atomic E-state index is 2.46. The summed E-state index contributed by atoms with van der Waals surface area (Å²) >= 11 is 0. The van der Waals surface area contributed by atoms with Crippen molar-refractivity contribution in [1.82, 2.24) is 4.90 Å². The van der Waals surface area contributed by atoms with Gasteiger partial charge in [-0.2, -0.15) is 0 Å². The van der Waals surface area contributed by atoms with Crippen molar-refractivity contribution in [1.29, 1.82) is 0 Å². The van der Waals surface area contributed by atoms with Crippen LogP contribution in [0.1, 0.15) is 61.3 Å². The molecule has 1 atom stereocenters. The Kier molecular flexibility index (Phi) is 5.32. The van der Waals surface area contributed by atoms with E-state index in [1.54, 1.807) is 0 Å². The summed E-state index contributed by atoms with van der Waals surface area (Å²) in [4.78, 5) is 2.46. The second-order valence-electron chi connectivity index (χ2n) is 7.26. The average molecular weight is 213 g/mol. The molecular weight excluding hydrogens is 182 g/mol. The van der Waals surface area contributed by atoms with E-state index in [4.69, 9.17) is 0 Å². The minimum absolute atomic E-state index is 0.302. The molecule has 0 saturated heterocycles. The van der Waals surface area contributed by atoms with Gasteiger partial charge in [0.25, 0.3) is 0 Å². The van der Waals surface area contributed by atoms with E-state index in [0.29, 0.717) is 11.0 Å². The lowest BCUT2D eigenvalue weighted by Gasteiger charge is -2.34. The molecule has 0 aliphatic heterocycles.